The van der Waals surface area contributed by atoms with Gasteiger partial charge in [0.2, 0.25) is 0 Å². The molecule has 0 radical (unpaired) electrons. The van der Waals surface area contributed by atoms with E-state index in [9.17, 15) is 0 Å². The lowest BCUT2D eigenvalue weighted by molar-refractivity contribution is 0.660. The fourth-order valence-corrected chi connectivity index (χ4v) is 10.8. The van der Waals surface area contributed by atoms with Crippen LogP contribution in [0.5, 0.6) is 0 Å². The zero-order valence-corrected chi connectivity index (χ0v) is 32.9. The van der Waals surface area contributed by atoms with Crippen molar-refractivity contribution < 1.29 is 0 Å². The van der Waals surface area contributed by atoms with Gasteiger partial charge in [-0.1, -0.05) is 147 Å². The van der Waals surface area contributed by atoms with Crippen LogP contribution >= 0.6 is 0 Å². The molecule has 0 fully saturated rings. The van der Waals surface area contributed by atoms with Crippen LogP contribution in [0.4, 0.5) is 17.1 Å². The Labute approximate surface area is 342 Å². The smallest absolute Gasteiger partial charge is 0.0548 e. The summed E-state index contributed by atoms with van der Waals surface area (Å²) in [7, 11) is 0. The lowest BCUT2D eigenvalue weighted by Gasteiger charge is -2.28. The van der Waals surface area contributed by atoms with Crippen molar-refractivity contribution >= 4 is 71.2 Å². The van der Waals surface area contributed by atoms with E-state index in [-0.39, 0.29) is 5.41 Å². The van der Waals surface area contributed by atoms with Crippen LogP contribution in [0.2, 0.25) is 0 Å². The molecule has 1 heterocycles. The first-order valence-electron chi connectivity index (χ1n) is 20.7. The van der Waals surface area contributed by atoms with Crippen molar-refractivity contribution in [1.82, 2.24) is 4.57 Å². The molecule has 0 N–H and O–H groups in total. The van der Waals surface area contributed by atoms with Gasteiger partial charge in [-0.2, -0.15) is 0 Å². The Balaban J connectivity index is 1.01. The normalized spacial score (nSPS) is 13.4. The van der Waals surface area contributed by atoms with Crippen LogP contribution in [-0.4, -0.2) is 4.57 Å². The van der Waals surface area contributed by atoms with Gasteiger partial charge in [-0.25, -0.2) is 0 Å². The van der Waals surface area contributed by atoms with Crippen molar-refractivity contribution in [3.05, 3.63) is 205 Å². The van der Waals surface area contributed by atoms with Crippen molar-refractivity contribution in [2.45, 2.75) is 19.3 Å². The van der Waals surface area contributed by atoms with Crippen LogP contribution in [-0.2, 0) is 5.41 Å². The Kier molecular flexibility index (Phi) is 6.54. The largest absolute Gasteiger partial charge is 0.310 e. The Morgan fingerprint density at radius 3 is 1.56 bits per heavy atom. The standard InChI is InChI=1S/C57H38N2/c1-57(2)48-17-7-6-14-44(48)45-31-30-43(34-49(45)57)58(40-24-20-36(21-25-40)35-10-4-3-5-11-35)41-26-28-42(29-27-41)59-50-32-22-38-13-9-16-47-46-15-8-12-37-18-19-39-23-33-51(59)56(54(39)52(37)46)55(50)53(38)47/h3-34H,1-2H3. The molecule has 59 heavy (non-hydrogen) atoms. The minimum atomic E-state index is -0.103. The second-order valence-electron chi connectivity index (χ2n) is 16.9. The molecule has 0 saturated carbocycles. The molecule has 276 valence electrons. The molecule has 2 aliphatic carbocycles. The van der Waals surface area contributed by atoms with Gasteiger partial charge >= 0.3 is 0 Å². The summed E-state index contributed by atoms with van der Waals surface area (Å²) in [5.74, 6) is 0. The monoisotopic (exact) mass is 750 g/mol. The molecular weight excluding hydrogens is 713 g/mol. The molecule has 1 aromatic heterocycles. The van der Waals surface area contributed by atoms with Crippen molar-refractivity contribution in [1.29, 1.82) is 0 Å². The van der Waals surface area contributed by atoms with Crippen LogP contribution in [0.25, 0.3) is 93.2 Å². The van der Waals surface area contributed by atoms with E-state index in [1.165, 1.54) is 98.6 Å². The maximum absolute atomic E-state index is 2.49. The zero-order chi connectivity index (χ0) is 39.0. The van der Waals surface area contributed by atoms with E-state index < -0.39 is 0 Å². The highest BCUT2D eigenvalue weighted by molar-refractivity contribution is 6.38. The third kappa shape index (κ3) is 4.46. The summed E-state index contributed by atoms with van der Waals surface area (Å²) in [6.45, 7) is 4.72. The summed E-state index contributed by atoms with van der Waals surface area (Å²) in [6, 6.07) is 72.3. The van der Waals surface area contributed by atoms with E-state index in [2.05, 4.69) is 217 Å². The Morgan fingerprint density at radius 1 is 0.356 bits per heavy atom. The molecule has 0 saturated heterocycles. The number of benzene rings is 10. The van der Waals surface area contributed by atoms with Crippen molar-refractivity contribution in [2.75, 3.05) is 4.90 Å². The molecule has 2 nitrogen and oxygen atoms in total. The van der Waals surface area contributed by atoms with Gasteiger partial charge in [0.25, 0.3) is 0 Å². The first-order chi connectivity index (χ1) is 29.0. The summed E-state index contributed by atoms with van der Waals surface area (Å²) in [4.78, 5) is 2.42. The number of aromatic nitrogens is 1. The zero-order valence-electron chi connectivity index (χ0n) is 32.9. The Hall–Kier alpha value is -7.42. The molecule has 0 atom stereocenters. The molecule has 10 aromatic carbocycles. The van der Waals surface area contributed by atoms with Crippen LogP contribution in [0.15, 0.2) is 194 Å². The average molecular weight is 751 g/mol. The second kappa shape index (κ2) is 11.8. The summed E-state index contributed by atoms with van der Waals surface area (Å²) in [5.41, 5.74) is 17.4. The van der Waals surface area contributed by atoms with Gasteiger partial charge < -0.3 is 9.47 Å². The molecule has 0 bridgehead atoms. The van der Waals surface area contributed by atoms with Gasteiger partial charge in [-0.05, 0) is 132 Å². The molecule has 2 aliphatic rings. The van der Waals surface area contributed by atoms with Gasteiger partial charge in [-0.3, -0.25) is 0 Å². The molecular formula is C57H38N2. The number of anilines is 3. The predicted octanol–water partition coefficient (Wildman–Crippen LogP) is 15.7. The molecule has 0 unspecified atom stereocenters. The predicted molar refractivity (Wildman–Crippen MR) is 250 cm³/mol. The molecule has 11 aromatic rings. The third-order valence-corrected chi connectivity index (χ3v) is 13.5. The average Bonchev–Trinajstić information content (AvgIpc) is 3.69. The van der Waals surface area contributed by atoms with Crippen LogP contribution in [0.1, 0.15) is 25.0 Å². The highest BCUT2D eigenvalue weighted by Gasteiger charge is 2.36. The second-order valence-corrected chi connectivity index (χ2v) is 16.9. The lowest BCUT2D eigenvalue weighted by atomic mass is 9.82. The SMILES string of the molecule is CC1(C)c2ccccc2-c2ccc(N(c3ccc(-c4ccccc4)cc3)c3ccc(-n4c5ccc6cccc7c6c5c5c6c(ccc8cccc-7c86)ccc54)cc3)cc21. The van der Waals surface area contributed by atoms with Crippen LogP contribution in [0, 0.1) is 0 Å². The van der Waals surface area contributed by atoms with Gasteiger partial charge in [0, 0.05) is 44.3 Å². The molecule has 0 amide bonds. The Bertz CT molecular complexity index is 3550. The summed E-state index contributed by atoms with van der Waals surface area (Å²) in [6.07, 6.45) is 0. The number of nitrogens with zero attached hydrogens (tertiary/aromatic N) is 2. The maximum atomic E-state index is 2.49. The first-order valence-corrected chi connectivity index (χ1v) is 20.7. The van der Waals surface area contributed by atoms with Gasteiger partial charge in [-0.15, -0.1) is 0 Å². The van der Waals surface area contributed by atoms with E-state index in [0.29, 0.717) is 0 Å². The van der Waals surface area contributed by atoms with E-state index >= 15 is 0 Å². The summed E-state index contributed by atoms with van der Waals surface area (Å²) in [5, 5.41) is 10.6. The molecule has 13 rings (SSSR count). The summed E-state index contributed by atoms with van der Waals surface area (Å²) < 4.78 is 2.49. The van der Waals surface area contributed by atoms with Crippen LogP contribution in [0.3, 0.4) is 0 Å². The first kappa shape index (κ1) is 32.6. The van der Waals surface area contributed by atoms with Gasteiger partial charge in [0.05, 0.1) is 11.0 Å². The fourth-order valence-electron chi connectivity index (χ4n) is 10.8. The highest BCUT2D eigenvalue weighted by atomic mass is 15.1. The van der Waals surface area contributed by atoms with E-state index in [1.54, 1.807) is 0 Å². The third-order valence-electron chi connectivity index (χ3n) is 13.5. The molecule has 0 aliphatic heterocycles. The minimum Gasteiger partial charge on any atom is -0.310 e. The van der Waals surface area contributed by atoms with Crippen molar-refractivity contribution in [2.24, 2.45) is 0 Å². The maximum Gasteiger partial charge on any atom is 0.0548 e. The topological polar surface area (TPSA) is 8.17 Å². The fraction of sp³-hybridized carbons (Fsp3) is 0.0526. The number of fused-ring (bicyclic) bond motifs is 4. The highest BCUT2D eigenvalue weighted by Crippen LogP contribution is 2.52. The van der Waals surface area contributed by atoms with Crippen LogP contribution < -0.4 is 4.90 Å². The quantitative estimate of drug-likeness (QED) is 0.159. The number of hydrogen-bond donors (Lipinski definition) is 0. The van der Waals surface area contributed by atoms with E-state index in [0.717, 1.165) is 22.7 Å². The van der Waals surface area contributed by atoms with Crippen molar-refractivity contribution in [3.8, 4) is 39.1 Å². The van der Waals surface area contributed by atoms with Gasteiger partial charge in [0.15, 0.2) is 0 Å². The van der Waals surface area contributed by atoms with E-state index in [4.69, 9.17) is 0 Å². The number of hydrogen-bond acceptors (Lipinski definition) is 1. The minimum absolute atomic E-state index is 0.103. The molecule has 2 heteroatoms. The Morgan fingerprint density at radius 2 is 0.864 bits per heavy atom. The van der Waals surface area contributed by atoms with Crippen molar-refractivity contribution in [3.63, 3.8) is 0 Å². The lowest BCUT2D eigenvalue weighted by Crippen LogP contribution is -2.16. The van der Waals surface area contributed by atoms with E-state index in [1.807, 2.05) is 0 Å². The summed E-state index contributed by atoms with van der Waals surface area (Å²) >= 11 is 0. The number of rotatable bonds is 5. The van der Waals surface area contributed by atoms with Gasteiger partial charge in [0.1, 0.15) is 0 Å². The molecule has 0 spiro atoms.